The second-order valence-corrected chi connectivity index (χ2v) is 16.9. The second kappa shape index (κ2) is 30.9. The number of hydrogen-bond donors (Lipinski definition) is 0. The van der Waals surface area contributed by atoms with Crippen LogP contribution in [0, 0.1) is 23.7 Å². The lowest BCUT2D eigenvalue weighted by Gasteiger charge is -2.19. The standard InChI is InChI=1S/C43H83NO6/c1-34(2)27-29-36(5)32-38(7)48-41(45)24-19-15-11-13-17-22-40(50-43(47)26-21-31-44(9)10)23-18-14-12-16-20-25-42(46)49-39(8)33-37(6)30-28-35(3)4/h34-40H,11-33H2,1-10H3. The van der Waals surface area contributed by atoms with Crippen LogP contribution in [0.15, 0.2) is 0 Å². The third-order valence-corrected chi connectivity index (χ3v) is 9.71. The van der Waals surface area contributed by atoms with E-state index in [2.05, 4.69) is 46.4 Å². The third kappa shape index (κ3) is 32.3. The van der Waals surface area contributed by atoms with E-state index in [4.69, 9.17) is 14.2 Å². The summed E-state index contributed by atoms with van der Waals surface area (Å²) in [7, 11) is 4.04. The SMILES string of the molecule is CC(C)CCC(C)CC(C)OC(=O)CCCCCCCC(CCCCCCCC(=O)OC(C)CC(C)CCC(C)C)OC(=O)CCCN(C)C. The largest absolute Gasteiger partial charge is 0.463 e. The topological polar surface area (TPSA) is 82.1 Å². The smallest absolute Gasteiger partial charge is 0.306 e. The van der Waals surface area contributed by atoms with Crippen molar-refractivity contribution in [3.63, 3.8) is 0 Å². The van der Waals surface area contributed by atoms with Crippen LogP contribution in [0.2, 0.25) is 0 Å². The molecule has 0 spiro atoms. The summed E-state index contributed by atoms with van der Waals surface area (Å²) in [6.07, 6.45) is 20.9. The first-order valence-corrected chi connectivity index (χ1v) is 20.9. The lowest BCUT2D eigenvalue weighted by molar-refractivity contribution is -0.150. The lowest BCUT2D eigenvalue weighted by Crippen LogP contribution is -2.20. The van der Waals surface area contributed by atoms with Crippen LogP contribution in [0.1, 0.15) is 197 Å². The van der Waals surface area contributed by atoms with E-state index in [1.165, 1.54) is 25.7 Å². The maximum Gasteiger partial charge on any atom is 0.306 e. The maximum atomic E-state index is 12.6. The van der Waals surface area contributed by atoms with Gasteiger partial charge in [-0.25, -0.2) is 0 Å². The van der Waals surface area contributed by atoms with E-state index in [0.29, 0.717) is 42.9 Å². The fraction of sp³-hybridized carbons (Fsp3) is 0.930. The van der Waals surface area contributed by atoms with Crippen molar-refractivity contribution in [2.24, 2.45) is 23.7 Å². The Kier molecular flexibility index (Phi) is 29.9. The fourth-order valence-corrected chi connectivity index (χ4v) is 6.66. The van der Waals surface area contributed by atoms with Gasteiger partial charge in [0.25, 0.3) is 0 Å². The van der Waals surface area contributed by atoms with E-state index in [1.807, 2.05) is 27.9 Å². The zero-order valence-electron chi connectivity index (χ0n) is 34.7. The minimum Gasteiger partial charge on any atom is -0.463 e. The Morgan fingerprint density at radius 1 is 0.440 bits per heavy atom. The monoisotopic (exact) mass is 710 g/mol. The molecule has 0 bridgehead atoms. The number of esters is 3. The Balaban J connectivity index is 4.30. The number of ether oxygens (including phenoxy) is 3. The van der Waals surface area contributed by atoms with Crippen molar-refractivity contribution in [3.05, 3.63) is 0 Å². The molecule has 7 nitrogen and oxygen atoms in total. The van der Waals surface area contributed by atoms with E-state index >= 15 is 0 Å². The van der Waals surface area contributed by atoms with Crippen LogP contribution in [0.3, 0.4) is 0 Å². The average Bonchev–Trinajstić information content (AvgIpc) is 3.01. The van der Waals surface area contributed by atoms with Gasteiger partial charge in [0.1, 0.15) is 6.10 Å². The zero-order valence-corrected chi connectivity index (χ0v) is 34.7. The molecule has 7 heteroatoms. The van der Waals surface area contributed by atoms with Crippen molar-refractivity contribution in [2.75, 3.05) is 20.6 Å². The van der Waals surface area contributed by atoms with Crippen molar-refractivity contribution in [3.8, 4) is 0 Å². The Bertz CT molecular complexity index is 789. The Labute approximate surface area is 310 Å². The van der Waals surface area contributed by atoms with Crippen LogP contribution in [0.5, 0.6) is 0 Å². The van der Waals surface area contributed by atoms with Crippen molar-refractivity contribution >= 4 is 17.9 Å². The Morgan fingerprint density at radius 3 is 1.20 bits per heavy atom. The molecule has 0 aliphatic carbocycles. The summed E-state index contributed by atoms with van der Waals surface area (Å²) in [5, 5.41) is 0. The molecule has 0 heterocycles. The molecule has 0 fully saturated rings. The van der Waals surface area contributed by atoms with Crippen LogP contribution in [0.25, 0.3) is 0 Å². The van der Waals surface area contributed by atoms with Crippen LogP contribution in [-0.2, 0) is 28.6 Å². The summed E-state index contributed by atoms with van der Waals surface area (Å²) in [4.78, 5) is 39.3. The van der Waals surface area contributed by atoms with E-state index < -0.39 is 0 Å². The zero-order chi connectivity index (χ0) is 37.7. The molecule has 4 atom stereocenters. The van der Waals surface area contributed by atoms with E-state index in [-0.39, 0.29) is 36.2 Å². The van der Waals surface area contributed by atoms with E-state index in [0.717, 1.165) is 103 Å². The highest BCUT2D eigenvalue weighted by Gasteiger charge is 2.17. The van der Waals surface area contributed by atoms with Crippen molar-refractivity contribution in [2.45, 2.75) is 215 Å². The first kappa shape index (κ1) is 48.4. The predicted octanol–water partition coefficient (Wildman–Crippen LogP) is 11.5. The van der Waals surface area contributed by atoms with Gasteiger partial charge in [-0.15, -0.1) is 0 Å². The molecular formula is C43H83NO6. The quantitative estimate of drug-likeness (QED) is 0.0381. The normalized spacial score (nSPS) is 14.8. The highest BCUT2D eigenvalue weighted by Crippen LogP contribution is 2.21. The molecule has 0 radical (unpaired) electrons. The average molecular weight is 710 g/mol. The molecule has 0 N–H and O–H groups in total. The van der Waals surface area contributed by atoms with Gasteiger partial charge < -0.3 is 19.1 Å². The molecule has 0 rings (SSSR count). The molecule has 0 saturated heterocycles. The summed E-state index contributed by atoms with van der Waals surface area (Å²) >= 11 is 0. The molecule has 296 valence electrons. The van der Waals surface area contributed by atoms with Crippen molar-refractivity contribution in [1.82, 2.24) is 4.90 Å². The molecule has 0 aromatic heterocycles. The first-order valence-electron chi connectivity index (χ1n) is 20.9. The summed E-state index contributed by atoms with van der Waals surface area (Å²) in [6, 6.07) is 0. The van der Waals surface area contributed by atoms with E-state index in [9.17, 15) is 14.4 Å². The number of rotatable bonds is 33. The molecule has 0 amide bonds. The second-order valence-electron chi connectivity index (χ2n) is 16.9. The summed E-state index contributed by atoms with van der Waals surface area (Å²) in [5.41, 5.74) is 0. The number of nitrogens with zero attached hydrogens (tertiary/aromatic N) is 1. The maximum absolute atomic E-state index is 12.6. The van der Waals surface area contributed by atoms with Gasteiger partial charge in [-0.2, -0.15) is 0 Å². The number of hydrogen-bond acceptors (Lipinski definition) is 7. The van der Waals surface area contributed by atoms with E-state index in [1.54, 1.807) is 0 Å². The van der Waals surface area contributed by atoms with Gasteiger partial charge >= 0.3 is 17.9 Å². The minimum atomic E-state index is -0.0824. The van der Waals surface area contributed by atoms with Crippen LogP contribution in [0.4, 0.5) is 0 Å². The van der Waals surface area contributed by atoms with Gasteiger partial charge in [0.2, 0.25) is 0 Å². The number of unbranched alkanes of at least 4 members (excludes halogenated alkanes) is 8. The molecular weight excluding hydrogens is 626 g/mol. The van der Waals surface area contributed by atoms with Gasteiger partial charge in [-0.1, -0.05) is 106 Å². The lowest BCUT2D eigenvalue weighted by atomic mass is 9.95. The van der Waals surface area contributed by atoms with Crippen LogP contribution >= 0.6 is 0 Å². The number of carbonyl (C=O) groups excluding carboxylic acids is 3. The van der Waals surface area contributed by atoms with Crippen LogP contribution in [-0.4, -0.2) is 61.8 Å². The van der Waals surface area contributed by atoms with Gasteiger partial charge in [-0.3, -0.25) is 14.4 Å². The molecule has 0 aromatic carbocycles. The summed E-state index contributed by atoms with van der Waals surface area (Å²) in [5.74, 6) is 2.37. The highest BCUT2D eigenvalue weighted by atomic mass is 16.5. The molecule has 0 aliphatic heterocycles. The van der Waals surface area contributed by atoms with Crippen molar-refractivity contribution in [1.29, 1.82) is 0 Å². The number of carbonyl (C=O) groups is 3. The molecule has 0 saturated carbocycles. The Hall–Kier alpha value is -1.63. The predicted molar refractivity (Wildman–Crippen MR) is 209 cm³/mol. The van der Waals surface area contributed by atoms with Gasteiger partial charge in [0.15, 0.2) is 0 Å². The minimum absolute atomic E-state index is 0.0111. The molecule has 50 heavy (non-hydrogen) atoms. The van der Waals surface area contributed by atoms with Gasteiger partial charge in [0, 0.05) is 19.3 Å². The molecule has 0 aromatic rings. The first-order chi connectivity index (χ1) is 23.7. The Morgan fingerprint density at radius 2 is 0.800 bits per heavy atom. The summed E-state index contributed by atoms with van der Waals surface area (Å²) < 4.78 is 17.3. The third-order valence-electron chi connectivity index (χ3n) is 9.71. The molecule has 4 unspecified atom stereocenters. The highest BCUT2D eigenvalue weighted by molar-refractivity contribution is 5.70. The van der Waals surface area contributed by atoms with Gasteiger partial charge in [-0.05, 0) is 116 Å². The molecule has 0 aliphatic rings. The summed E-state index contributed by atoms with van der Waals surface area (Å²) in [6.45, 7) is 18.4. The van der Waals surface area contributed by atoms with Gasteiger partial charge in [0.05, 0.1) is 12.2 Å². The fourth-order valence-electron chi connectivity index (χ4n) is 6.66. The van der Waals surface area contributed by atoms with Crippen LogP contribution < -0.4 is 0 Å². The van der Waals surface area contributed by atoms with Crippen molar-refractivity contribution < 1.29 is 28.6 Å².